The maximum atomic E-state index is 10.9. The van der Waals surface area contributed by atoms with Gasteiger partial charge in [-0.05, 0) is 6.42 Å². The van der Waals surface area contributed by atoms with Gasteiger partial charge in [-0.15, -0.1) is 0 Å². The van der Waals surface area contributed by atoms with E-state index in [1.165, 1.54) is 25.7 Å². The molecule has 0 heterocycles. The molecule has 0 aliphatic carbocycles. The van der Waals surface area contributed by atoms with Crippen molar-refractivity contribution in [3.05, 3.63) is 0 Å². The minimum atomic E-state index is -4.63. The normalized spacial score (nSPS) is 10.8. The average Bonchev–Trinajstić information content (AvgIpc) is 2.19. The Hall–Kier alpha value is 0.146. The van der Waals surface area contributed by atoms with E-state index in [4.69, 9.17) is 4.55 Å². The summed E-state index contributed by atoms with van der Waals surface area (Å²) in [7, 11) is -4.63. The maximum Gasteiger partial charge on any atom is 2.00 e. The smallest absolute Gasteiger partial charge is 1.00 e. The summed E-state index contributed by atoms with van der Waals surface area (Å²) in [5.74, 6) is -0.890. The fraction of sp³-hybridized carbons (Fsp3) is 0.909. The van der Waals surface area contributed by atoms with E-state index in [0.29, 0.717) is 6.42 Å². The van der Waals surface area contributed by atoms with E-state index in [1.54, 1.807) is 0 Å². The Morgan fingerprint density at radius 1 is 1.06 bits per heavy atom. The van der Waals surface area contributed by atoms with Crippen molar-refractivity contribution in [3.8, 4) is 0 Å². The SMILES string of the molecule is CCCCCCCCCCC(=O)OS(=O)(=O)O.[H-].[H-].[Mg+2]. The number of rotatable bonds is 10. The van der Waals surface area contributed by atoms with Crippen LogP contribution in [0.2, 0.25) is 0 Å². The van der Waals surface area contributed by atoms with Crippen LogP contribution >= 0.6 is 0 Å². The third-order valence-corrected chi connectivity index (χ3v) is 2.83. The molecule has 0 aromatic heterocycles. The fourth-order valence-corrected chi connectivity index (χ4v) is 1.88. The second kappa shape index (κ2) is 12.2. The van der Waals surface area contributed by atoms with Crippen LogP contribution in [0, 0.1) is 0 Å². The van der Waals surface area contributed by atoms with Crippen molar-refractivity contribution >= 4 is 39.4 Å². The van der Waals surface area contributed by atoms with E-state index >= 15 is 0 Å². The second-order valence-electron chi connectivity index (χ2n) is 4.11. The first-order valence-corrected chi connectivity index (χ1v) is 7.52. The van der Waals surface area contributed by atoms with Crippen LogP contribution in [-0.4, -0.2) is 42.0 Å². The molecule has 0 aliphatic rings. The zero-order chi connectivity index (χ0) is 13.1. The second-order valence-corrected chi connectivity index (χ2v) is 5.13. The minimum absolute atomic E-state index is 0. The molecular weight excluding hydrogens is 268 g/mol. The van der Waals surface area contributed by atoms with Crippen molar-refractivity contribution in [2.45, 2.75) is 64.7 Å². The van der Waals surface area contributed by atoms with Crippen molar-refractivity contribution in [1.29, 1.82) is 0 Å². The molecule has 0 bridgehead atoms. The van der Waals surface area contributed by atoms with Crippen molar-refractivity contribution in [2.24, 2.45) is 0 Å². The van der Waals surface area contributed by atoms with Crippen LogP contribution in [0.1, 0.15) is 67.6 Å². The summed E-state index contributed by atoms with van der Waals surface area (Å²) in [4.78, 5) is 10.9. The van der Waals surface area contributed by atoms with Gasteiger partial charge in [0.1, 0.15) is 0 Å². The molecule has 7 heteroatoms. The molecule has 0 radical (unpaired) electrons. The third kappa shape index (κ3) is 16.1. The zero-order valence-corrected chi connectivity index (χ0v) is 13.3. The summed E-state index contributed by atoms with van der Waals surface area (Å²) in [5.41, 5.74) is 0. The quantitative estimate of drug-likeness (QED) is 0.380. The van der Waals surface area contributed by atoms with Gasteiger partial charge in [0.2, 0.25) is 0 Å². The van der Waals surface area contributed by atoms with Crippen molar-refractivity contribution in [2.75, 3.05) is 0 Å². The number of hydrogen-bond donors (Lipinski definition) is 1. The Kier molecular flexibility index (Phi) is 13.9. The van der Waals surface area contributed by atoms with Crippen molar-refractivity contribution in [3.63, 3.8) is 0 Å². The first-order chi connectivity index (χ1) is 7.95. The summed E-state index contributed by atoms with van der Waals surface area (Å²) in [5, 5.41) is 0. The molecule has 1 N–H and O–H groups in total. The Labute approximate surface area is 129 Å². The number of carbonyl (C=O) groups is 1. The maximum absolute atomic E-state index is 10.9. The van der Waals surface area contributed by atoms with Crippen LogP contribution in [0.5, 0.6) is 0 Å². The first-order valence-electron chi connectivity index (χ1n) is 6.15. The molecule has 106 valence electrons. The molecule has 0 saturated carbocycles. The Bertz CT molecular complexity index is 312. The monoisotopic (exact) mass is 292 g/mol. The molecule has 0 aromatic rings. The van der Waals surface area contributed by atoms with Gasteiger partial charge >= 0.3 is 39.4 Å². The molecule has 18 heavy (non-hydrogen) atoms. The van der Waals surface area contributed by atoms with Crippen LogP contribution in [-0.2, 0) is 19.4 Å². The molecular formula is C11H24MgO5S. The van der Waals surface area contributed by atoms with Crippen LogP contribution in [0.15, 0.2) is 0 Å². The molecule has 0 rings (SSSR count). The number of hydrogen-bond acceptors (Lipinski definition) is 4. The molecule has 0 spiro atoms. The predicted molar refractivity (Wildman–Crippen MR) is 72.8 cm³/mol. The van der Waals surface area contributed by atoms with Crippen LogP contribution in [0.4, 0.5) is 0 Å². The largest absolute Gasteiger partial charge is 2.00 e. The number of carbonyl (C=O) groups excluding carboxylic acids is 1. The van der Waals surface area contributed by atoms with Gasteiger partial charge in [0, 0.05) is 6.42 Å². The van der Waals surface area contributed by atoms with E-state index in [-0.39, 0.29) is 32.3 Å². The Morgan fingerprint density at radius 2 is 1.50 bits per heavy atom. The predicted octanol–water partition coefficient (Wildman–Crippen LogP) is 2.71. The summed E-state index contributed by atoms with van der Waals surface area (Å²) in [6.45, 7) is 2.17. The topological polar surface area (TPSA) is 80.7 Å². The molecule has 0 aliphatic heterocycles. The van der Waals surface area contributed by atoms with Crippen molar-refractivity contribution in [1.82, 2.24) is 0 Å². The standard InChI is InChI=1S/C11H22O5S.Mg.2H/c1-2-3-4-5-6-7-8-9-10-11(12)16-17(13,14)15;;;/h2-10H2,1H3,(H,13,14,15);;;/q;+2;2*-1. The minimum Gasteiger partial charge on any atom is -1.00 e. The van der Waals surface area contributed by atoms with E-state index in [2.05, 4.69) is 11.1 Å². The van der Waals surface area contributed by atoms with Gasteiger partial charge in [-0.3, -0.25) is 9.35 Å². The Balaban J connectivity index is -0.000000427. The molecule has 0 atom stereocenters. The van der Waals surface area contributed by atoms with Crippen molar-refractivity contribution < 1.29 is 24.8 Å². The molecule has 0 amide bonds. The van der Waals surface area contributed by atoms with Crippen LogP contribution in [0.25, 0.3) is 0 Å². The molecule has 0 saturated heterocycles. The van der Waals surface area contributed by atoms with Gasteiger partial charge in [-0.1, -0.05) is 51.9 Å². The van der Waals surface area contributed by atoms with Gasteiger partial charge in [0.05, 0.1) is 0 Å². The summed E-state index contributed by atoms with van der Waals surface area (Å²) in [6, 6.07) is 0. The third-order valence-electron chi connectivity index (χ3n) is 2.43. The molecule has 0 fully saturated rings. The Morgan fingerprint density at radius 3 is 1.94 bits per heavy atom. The molecule has 0 aromatic carbocycles. The number of unbranched alkanes of at least 4 members (excludes halogenated alkanes) is 7. The van der Waals surface area contributed by atoms with Gasteiger partial charge in [0.15, 0.2) is 0 Å². The van der Waals surface area contributed by atoms with E-state index < -0.39 is 16.4 Å². The van der Waals surface area contributed by atoms with Gasteiger partial charge in [0.25, 0.3) is 0 Å². The van der Waals surface area contributed by atoms with Gasteiger partial charge < -0.3 is 7.04 Å². The van der Waals surface area contributed by atoms with Crippen LogP contribution in [0.3, 0.4) is 0 Å². The average molecular weight is 293 g/mol. The fourth-order valence-electron chi connectivity index (χ4n) is 1.56. The van der Waals surface area contributed by atoms with E-state index in [1.807, 2.05) is 0 Å². The molecule has 5 nitrogen and oxygen atoms in total. The zero-order valence-electron chi connectivity index (χ0n) is 13.1. The summed E-state index contributed by atoms with van der Waals surface area (Å²) in [6.07, 6.45) is 8.66. The molecule has 0 unspecified atom stereocenters. The summed E-state index contributed by atoms with van der Waals surface area (Å²) >= 11 is 0. The van der Waals surface area contributed by atoms with Gasteiger partial charge in [-0.2, -0.15) is 8.42 Å². The van der Waals surface area contributed by atoms with E-state index in [9.17, 15) is 13.2 Å². The first kappa shape index (κ1) is 20.5. The van der Waals surface area contributed by atoms with E-state index in [0.717, 1.165) is 19.3 Å². The van der Waals surface area contributed by atoms with Gasteiger partial charge in [-0.25, -0.2) is 0 Å². The summed E-state index contributed by atoms with van der Waals surface area (Å²) < 4.78 is 32.4. The van der Waals surface area contributed by atoms with Crippen LogP contribution < -0.4 is 0 Å².